The van der Waals surface area contributed by atoms with E-state index in [1.165, 1.54) is 52.0 Å². The lowest BCUT2D eigenvalue weighted by atomic mass is 9.79. The molecule has 1 aliphatic carbocycles. The van der Waals surface area contributed by atoms with Gasteiger partial charge in [0.25, 0.3) is 0 Å². The van der Waals surface area contributed by atoms with Gasteiger partial charge in [-0.15, -0.1) is 0 Å². The molecule has 4 atom stereocenters. The summed E-state index contributed by atoms with van der Waals surface area (Å²) in [6.45, 7) is 5.45. The van der Waals surface area contributed by atoms with Crippen molar-refractivity contribution in [3.63, 3.8) is 0 Å². The van der Waals surface area contributed by atoms with E-state index in [4.69, 9.17) is 23.7 Å². The molecule has 0 aromatic heterocycles. The number of carbonyl (C=O) groups is 4. The molecule has 11 heteroatoms. The molecule has 0 amide bonds. The van der Waals surface area contributed by atoms with E-state index in [1.54, 1.807) is 0 Å². The number of benzene rings is 1. The van der Waals surface area contributed by atoms with E-state index in [2.05, 4.69) is 0 Å². The van der Waals surface area contributed by atoms with Crippen molar-refractivity contribution in [3.05, 3.63) is 29.8 Å². The largest absolute Gasteiger partial charge is 0.456 e. The van der Waals surface area contributed by atoms with Crippen LogP contribution in [0.5, 0.6) is 11.5 Å². The monoisotopic (exact) mass is 478 g/mol. The first kappa shape index (κ1) is 25.3. The molecule has 1 spiro atoms. The summed E-state index contributed by atoms with van der Waals surface area (Å²) in [5, 5.41) is 20.6. The van der Waals surface area contributed by atoms with Crippen LogP contribution >= 0.6 is 0 Å². The predicted molar refractivity (Wildman–Crippen MR) is 113 cm³/mol. The number of aliphatic hydroxyl groups is 2. The Morgan fingerprint density at radius 3 is 2.29 bits per heavy atom. The number of ether oxygens (including phenoxy) is 5. The highest BCUT2D eigenvalue weighted by atomic mass is 16.8. The van der Waals surface area contributed by atoms with Gasteiger partial charge >= 0.3 is 23.9 Å². The van der Waals surface area contributed by atoms with Crippen LogP contribution in [-0.4, -0.2) is 63.8 Å². The van der Waals surface area contributed by atoms with Gasteiger partial charge in [0.2, 0.25) is 5.79 Å². The van der Waals surface area contributed by atoms with Gasteiger partial charge in [0.1, 0.15) is 12.2 Å². The van der Waals surface area contributed by atoms with Gasteiger partial charge in [-0.25, -0.2) is 9.59 Å². The molecule has 1 unspecified atom stereocenters. The first-order valence-electron chi connectivity index (χ1n) is 10.5. The van der Waals surface area contributed by atoms with Crippen LogP contribution in [0.3, 0.4) is 0 Å². The molecule has 11 nitrogen and oxygen atoms in total. The van der Waals surface area contributed by atoms with Crippen molar-refractivity contribution in [1.82, 2.24) is 0 Å². The lowest BCUT2D eigenvalue weighted by molar-refractivity contribution is -0.209. The van der Waals surface area contributed by atoms with Crippen LogP contribution in [0.4, 0.5) is 0 Å². The average Bonchev–Trinajstić information content (AvgIpc) is 2.92. The molecule has 1 heterocycles. The second-order valence-electron chi connectivity index (χ2n) is 8.55. The third kappa shape index (κ3) is 5.79. The third-order valence-electron chi connectivity index (χ3n) is 5.15. The van der Waals surface area contributed by atoms with Crippen LogP contribution in [0.25, 0.3) is 6.08 Å². The van der Waals surface area contributed by atoms with E-state index in [-0.39, 0.29) is 24.3 Å². The maximum absolute atomic E-state index is 12.4. The Hall–Kier alpha value is -3.28. The minimum atomic E-state index is -1.54. The molecule has 0 radical (unpaired) electrons. The van der Waals surface area contributed by atoms with E-state index in [0.717, 1.165) is 6.08 Å². The zero-order chi connectivity index (χ0) is 25.3. The molecule has 184 valence electrons. The van der Waals surface area contributed by atoms with Crippen LogP contribution < -0.4 is 9.47 Å². The van der Waals surface area contributed by atoms with E-state index in [0.29, 0.717) is 5.56 Å². The van der Waals surface area contributed by atoms with Gasteiger partial charge in [-0.1, -0.05) is 6.07 Å². The predicted octanol–water partition coefficient (Wildman–Crippen LogP) is 1.03. The molecule has 1 saturated carbocycles. The summed E-state index contributed by atoms with van der Waals surface area (Å²) < 4.78 is 26.2. The Balaban J connectivity index is 1.73. The van der Waals surface area contributed by atoms with Crippen molar-refractivity contribution in [1.29, 1.82) is 0 Å². The number of aliphatic hydroxyl groups excluding tert-OH is 2. The van der Waals surface area contributed by atoms with Crippen molar-refractivity contribution in [2.24, 2.45) is 0 Å². The summed E-state index contributed by atoms with van der Waals surface area (Å²) in [6.07, 6.45) is -2.03. The maximum Gasteiger partial charge on any atom is 0.341 e. The molecule has 1 aliphatic heterocycles. The van der Waals surface area contributed by atoms with Crippen molar-refractivity contribution in [2.75, 3.05) is 0 Å². The number of cyclic esters (lactones) is 1. The fourth-order valence-corrected chi connectivity index (χ4v) is 3.90. The quantitative estimate of drug-likeness (QED) is 0.354. The maximum atomic E-state index is 12.4. The molecule has 34 heavy (non-hydrogen) atoms. The number of rotatable bonds is 5. The van der Waals surface area contributed by atoms with E-state index >= 15 is 0 Å². The van der Waals surface area contributed by atoms with Crippen LogP contribution in [0, 0.1) is 0 Å². The minimum Gasteiger partial charge on any atom is -0.456 e. The molecule has 1 saturated heterocycles. The fourth-order valence-electron chi connectivity index (χ4n) is 3.90. The first-order chi connectivity index (χ1) is 15.8. The standard InChI is InChI=1S/C23H26O11/c1-12(24)30-16-7-5-14(9-17(16)31-13(2)25)6-8-19(27)32-18-11-23(10-15(26)20(18)28)21(29)33-22(3,4)34-23/h5-9,15,18,20,26,28H,10-11H2,1-4H3/b8-6+/t15-,18-,20+,23?/m1/s1. The lowest BCUT2D eigenvalue weighted by Gasteiger charge is -2.39. The van der Waals surface area contributed by atoms with Crippen LogP contribution in [0.15, 0.2) is 24.3 Å². The number of carbonyl (C=O) groups excluding carboxylic acids is 4. The molecule has 1 aromatic rings. The second-order valence-corrected chi connectivity index (χ2v) is 8.55. The summed E-state index contributed by atoms with van der Waals surface area (Å²) in [5.74, 6) is -4.02. The second kappa shape index (κ2) is 9.53. The zero-order valence-corrected chi connectivity index (χ0v) is 19.1. The van der Waals surface area contributed by atoms with Gasteiger partial charge in [0.15, 0.2) is 17.1 Å². The number of hydrogen-bond acceptors (Lipinski definition) is 11. The molecule has 3 rings (SSSR count). The van der Waals surface area contributed by atoms with Gasteiger partial charge in [0, 0.05) is 46.6 Å². The van der Waals surface area contributed by atoms with Crippen molar-refractivity contribution < 1.29 is 53.1 Å². The Kier molecular flexibility index (Phi) is 7.10. The van der Waals surface area contributed by atoms with Crippen LogP contribution in [-0.2, 0) is 33.4 Å². The molecular weight excluding hydrogens is 452 g/mol. The highest BCUT2D eigenvalue weighted by Crippen LogP contribution is 2.43. The Morgan fingerprint density at radius 2 is 1.71 bits per heavy atom. The molecule has 2 fully saturated rings. The van der Waals surface area contributed by atoms with E-state index < -0.39 is 53.6 Å². The van der Waals surface area contributed by atoms with E-state index in [9.17, 15) is 29.4 Å². The zero-order valence-electron chi connectivity index (χ0n) is 19.1. The Labute approximate surface area is 195 Å². The summed E-state index contributed by atoms with van der Waals surface area (Å²) in [7, 11) is 0. The van der Waals surface area contributed by atoms with Crippen LogP contribution in [0.2, 0.25) is 0 Å². The molecule has 2 aliphatic rings. The first-order valence-corrected chi connectivity index (χ1v) is 10.5. The van der Waals surface area contributed by atoms with Crippen molar-refractivity contribution in [3.8, 4) is 11.5 Å². The number of hydrogen-bond donors (Lipinski definition) is 2. The molecule has 2 N–H and O–H groups in total. The highest BCUT2D eigenvalue weighted by Gasteiger charge is 2.60. The summed E-state index contributed by atoms with van der Waals surface area (Å²) >= 11 is 0. The normalized spacial score (nSPS) is 27.9. The van der Waals surface area contributed by atoms with Crippen LogP contribution in [0.1, 0.15) is 46.1 Å². The van der Waals surface area contributed by atoms with Gasteiger partial charge in [-0.05, 0) is 23.8 Å². The summed E-state index contributed by atoms with van der Waals surface area (Å²) in [5.41, 5.74) is -1.13. The van der Waals surface area contributed by atoms with E-state index in [1.807, 2.05) is 0 Å². The lowest BCUT2D eigenvalue weighted by Crippen LogP contribution is -2.56. The highest BCUT2D eigenvalue weighted by molar-refractivity contribution is 5.88. The smallest absolute Gasteiger partial charge is 0.341 e. The average molecular weight is 478 g/mol. The number of esters is 4. The van der Waals surface area contributed by atoms with Gasteiger partial charge < -0.3 is 33.9 Å². The molecule has 1 aromatic carbocycles. The Morgan fingerprint density at radius 1 is 1.06 bits per heavy atom. The topological polar surface area (TPSA) is 155 Å². The summed E-state index contributed by atoms with van der Waals surface area (Å²) in [6, 6.07) is 4.27. The van der Waals surface area contributed by atoms with Gasteiger partial charge in [0.05, 0.1) is 6.10 Å². The molecular formula is C23H26O11. The van der Waals surface area contributed by atoms with Gasteiger partial charge in [-0.3, -0.25) is 9.59 Å². The van der Waals surface area contributed by atoms with Crippen molar-refractivity contribution in [2.45, 2.75) is 70.2 Å². The Bertz CT molecular complexity index is 1030. The third-order valence-corrected chi connectivity index (χ3v) is 5.15. The molecule has 0 bridgehead atoms. The van der Waals surface area contributed by atoms with Crippen molar-refractivity contribution >= 4 is 30.0 Å². The minimum absolute atomic E-state index is 0.0227. The SMILES string of the molecule is CC(=O)Oc1ccc(/C=C/C(=O)O[C@@H]2CC3(C[C@@H](O)[C@@H]2O)OC(C)(C)OC3=O)cc1OC(C)=O. The van der Waals surface area contributed by atoms with Gasteiger partial charge in [-0.2, -0.15) is 0 Å². The summed E-state index contributed by atoms with van der Waals surface area (Å²) in [4.78, 5) is 47.4. The fraction of sp³-hybridized carbons (Fsp3) is 0.478.